The molecule has 2 atom stereocenters. The maximum atomic E-state index is 12.5. The van der Waals surface area contributed by atoms with Crippen LogP contribution in [-0.2, 0) is 0 Å². The zero-order valence-electron chi connectivity index (χ0n) is 15.4. The second kappa shape index (κ2) is 8.45. The van der Waals surface area contributed by atoms with Crippen molar-refractivity contribution in [1.29, 1.82) is 0 Å². The first-order valence-corrected chi connectivity index (χ1v) is 9.65. The predicted octanol–water partition coefficient (Wildman–Crippen LogP) is 1.51. The van der Waals surface area contributed by atoms with Crippen LogP contribution < -0.4 is 20.9 Å². The second-order valence-electron chi connectivity index (χ2n) is 7.27. The highest BCUT2D eigenvalue weighted by Crippen LogP contribution is 2.19. The average molecular weight is 366 g/mol. The van der Waals surface area contributed by atoms with E-state index in [4.69, 9.17) is 0 Å². The maximum absolute atomic E-state index is 12.5. The molecule has 2 saturated heterocycles. The highest BCUT2D eigenvalue weighted by molar-refractivity contribution is 6.03. The molecule has 0 spiro atoms. The zero-order chi connectivity index (χ0) is 18.5. The van der Waals surface area contributed by atoms with E-state index >= 15 is 0 Å². The fourth-order valence-electron chi connectivity index (χ4n) is 3.71. The minimum atomic E-state index is -0.203. The molecule has 0 aromatic carbocycles. The second-order valence-corrected chi connectivity index (χ2v) is 7.27. The van der Waals surface area contributed by atoms with Gasteiger partial charge in [0, 0.05) is 37.2 Å². The van der Waals surface area contributed by atoms with Gasteiger partial charge in [0.25, 0.3) is 5.91 Å². The normalized spacial score (nSPS) is 22.1. The van der Waals surface area contributed by atoms with Crippen molar-refractivity contribution in [3.63, 3.8) is 0 Å². The Bertz CT molecular complexity index is 762. The fourth-order valence-corrected chi connectivity index (χ4v) is 3.71. The van der Waals surface area contributed by atoms with E-state index in [1.807, 2.05) is 12.1 Å². The molecular weight excluding hydrogens is 340 g/mol. The summed E-state index contributed by atoms with van der Waals surface area (Å²) in [6, 6.07) is 9.64. The highest BCUT2D eigenvalue weighted by atomic mass is 16.1. The predicted molar refractivity (Wildman–Crippen MR) is 106 cm³/mol. The van der Waals surface area contributed by atoms with Gasteiger partial charge >= 0.3 is 0 Å². The number of nitrogens with one attached hydrogen (secondary N) is 3. The van der Waals surface area contributed by atoms with Gasteiger partial charge in [-0.15, -0.1) is 0 Å². The lowest BCUT2D eigenvalue weighted by molar-refractivity contribution is 0.102. The van der Waals surface area contributed by atoms with Crippen LogP contribution in [0.5, 0.6) is 0 Å². The molecule has 27 heavy (non-hydrogen) atoms. The molecular formula is C20H26N6O. The number of carbonyl (C=O) groups excluding carboxylic acids is 1. The summed E-state index contributed by atoms with van der Waals surface area (Å²) < 4.78 is 0. The van der Waals surface area contributed by atoms with Crippen LogP contribution in [0.3, 0.4) is 0 Å². The van der Waals surface area contributed by atoms with Crippen molar-refractivity contribution in [2.75, 3.05) is 42.9 Å². The smallest absolute Gasteiger partial charge is 0.274 e. The lowest BCUT2D eigenvalue weighted by Crippen LogP contribution is -2.36. The van der Waals surface area contributed by atoms with Crippen LogP contribution in [0.25, 0.3) is 0 Å². The number of aromatic nitrogens is 2. The number of carbonyl (C=O) groups is 1. The highest BCUT2D eigenvalue weighted by Gasteiger charge is 2.25. The molecule has 7 nitrogen and oxygen atoms in total. The third-order valence-electron chi connectivity index (χ3n) is 5.28. The third kappa shape index (κ3) is 4.61. The lowest BCUT2D eigenvalue weighted by Gasteiger charge is -2.19. The van der Waals surface area contributed by atoms with E-state index in [1.54, 1.807) is 30.6 Å². The Labute approximate surface area is 159 Å². The number of amides is 1. The van der Waals surface area contributed by atoms with Gasteiger partial charge in [-0.1, -0.05) is 6.07 Å². The van der Waals surface area contributed by atoms with Gasteiger partial charge in [0.2, 0.25) is 0 Å². The summed E-state index contributed by atoms with van der Waals surface area (Å²) in [5.74, 6) is 1.41. The van der Waals surface area contributed by atoms with Crippen LogP contribution in [0, 0.1) is 5.92 Å². The summed E-state index contributed by atoms with van der Waals surface area (Å²) in [6.45, 7) is 5.24. The molecule has 0 saturated carbocycles. The quantitative estimate of drug-likeness (QED) is 0.719. The Hall–Kier alpha value is -2.51. The number of rotatable bonds is 6. The van der Waals surface area contributed by atoms with Gasteiger partial charge < -0.3 is 20.9 Å². The van der Waals surface area contributed by atoms with Crippen molar-refractivity contribution in [2.45, 2.75) is 18.9 Å². The fraction of sp³-hybridized carbons (Fsp3) is 0.450. The van der Waals surface area contributed by atoms with Crippen LogP contribution in [0.2, 0.25) is 0 Å². The minimum absolute atomic E-state index is 0.203. The summed E-state index contributed by atoms with van der Waals surface area (Å²) in [7, 11) is 0. The molecule has 0 unspecified atom stereocenters. The molecule has 0 radical (unpaired) electrons. The minimum Gasteiger partial charge on any atom is -0.355 e. The Morgan fingerprint density at radius 3 is 2.93 bits per heavy atom. The zero-order valence-corrected chi connectivity index (χ0v) is 15.4. The van der Waals surface area contributed by atoms with Crippen molar-refractivity contribution >= 4 is 17.4 Å². The van der Waals surface area contributed by atoms with Crippen LogP contribution in [0.1, 0.15) is 23.3 Å². The Morgan fingerprint density at radius 2 is 2.11 bits per heavy atom. The van der Waals surface area contributed by atoms with Crippen molar-refractivity contribution in [1.82, 2.24) is 20.6 Å². The molecule has 2 aromatic heterocycles. The summed E-state index contributed by atoms with van der Waals surface area (Å²) in [5.41, 5.74) is 1.15. The summed E-state index contributed by atoms with van der Waals surface area (Å²) in [6.07, 6.45) is 5.67. The van der Waals surface area contributed by atoms with E-state index in [-0.39, 0.29) is 5.91 Å². The van der Waals surface area contributed by atoms with Crippen molar-refractivity contribution in [2.24, 2.45) is 5.92 Å². The number of nitrogens with zero attached hydrogens (tertiary/aromatic N) is 3. The van der Waals surface area contributed by atoms with Gasteiger partial charge in [0.05, 0.1) is 0 Å². The van der Waals surface area contributed by atoms with Crippen LogP contribution in [0.15, 0.2) is 42.7 Å². The Balaban J connectivity index is 1.34. The Kier molecular flexibility index (Phi) is 5.60. The molecule has 7 heteroatoms. The average Bonchev–Trinajstić information content (AvgIpc) is 3.39. The van der Waals surface area contributed by atoms with E-state index < -0.39 is 0 Å². The molecule has 2 aliphatic rings. The number of hydrogen-bond acceptors (Lipinski definition) is 6. The monoisotopic (exact) mass is 366 g/mol. The van der Waals surface area contributed by atoms with Gasteiger partial charge in [0.1, 0.15) is 11.5 Å². The van der Waals surface area contributed by atoms with E-state index in [1.165, 1.54) is 6.42 Å². The molecule has 2 aliphatic heterocycles. The molecule has 4 rings (SSSR count). The SMILES string of the molecule is O=C(Nc1ccncc1)c1cccc(N2CC[C@@H](NC[C@H]3CCNC3)C2)n1. The van der Waals surface area contributed by atoms with Crippen molar-refractivity contribution < 1.29 is 4.79 Å². The van der Waals surface area contributed by atoms with Gasteiger partial charge in [0.15, 0.2) is 0 Å². The first kappa shape index (κ1) is 17.9. The van der Waals surface area contributed by atoms with E-state index in [2.05, 4.69) is 30.8 Å². The standard InChI is InChI=1S/C20H26N6O/c27-20(24-16-5-9-21-10-6-16)18-2-1-3-19(25-18)26-11-7-17(14-26)23-13-15-4-8-22-12-15/h1-3,5-6,9-10,15,17,22-23H,4,7-8,11-14H2,(H,21,24,27)/t15-,17+/m0/s1. The van der Waals surface area contributed by atoms with Gasteiger partial charge in [-0.25, -0.2) is 4.98 Å². The van der Waals surface area contributed by atoms with Gasteiger partial charge in [-0.2, -0.15) is 0 Å². The first-order valence-electron chi connectivity index (χ1n) is 9.65. The van der Waals surface area contributed by atoms with Gasteiger partial charge in [-0.3, -0.25) is 9.78 Å². The van der Waals surface area contributed by atoms with Crippen LogP contribution in [-0.4, -0.2) is 54.6 Å². The van der Waals surface area contributed by atoms with Crippen LogP contribution in [0.4, 0.5) is 11.5 Å². The first-order chi connectivity index (χ1) is 13.3. The number of hydrogen-bond donors (Lipinski definition) is 3. The molecule has 3 N–H and O–H groups in total. The molecule has 2 aromatic rings. The van der Waals surface area contributed by atoms with E-state index in [0.29, 0.717) is 17.4 Å². The molecule has 142 valence electrons. The number of anilines is 2. The molecule has 0 bridgehead atoms. The topological polar surface area (TPSA) is 82.2 Å². The van der Waals surface area contributed by atoms with E-state index in [0.717, 1.165) is 50.9 Å². The third-order valence-corrected chi connectivity index (χ3v) is 5.28. The lowest BCUT2D eigenvalue weighted by atomic mass is 10.1. The summed E-state index contributed by atoms with van der Waals surface area (Å²) in [4.78, 5) is 23.3. The Morgan fingerprint density at radius 1 is 1.22 bits per heavy atom. The maximum Gasteiger partial charge on any atom is 0.274 e. The van der Waals surface area contributed by atoms with E-state index in [9.17, 15) is 4.79 Å². The van der Waals surface area contributed by atoms with Crippen molar-refractivity contribution in [3.05, 3.63) is 48.4 Å². The van der Waals surface area contributed by atoms with Crippen molar-refractivity contribution in [3.8, 4) is 0 Å². The van der Waals surface area contributed by atoms with Gasteiger partial charge in [-0.05, 0) is 62.7 Å². The largest absolute Gasteiger partial charge is 0.355 e. The number of pyridine rings is 2. The molecule has 4 heterocycles. The van der Waals surface area contributed by atoms with Crippen LogP contribution >= 0.6 is 0 Å². The molecule has 0 aliphatic carbocycles. The summed E-state index contributed by atoms with van der Waals surface area (Å²) >= 11 is 0. The molecule has 2 fully saturated rings. The molecule has 1 amide bonds. The summed E-state index contributed by atoms with van der Waals surface area (Å²) in [5, 5.41) is 9.97.